The van der Waals surface area contributed by atoms with Crippen LogP contribution in [-0.4, -0.2) is 17.1 Å². The van der Waals surface area contributed by atoms with E-state index in [0.29, 0.717) is 38.5 Å². The van der Waals surface area contributed by atoms with Crippen molar-refractivity contribution >= 4 is 29.1 Å². The van der Waals surface area contributed by atoms with Gasteiger partial charge in [0.25, 0.3) is 5.56 Å². The lowest BCUT2D eigenvalue weighted by Crippen LogP contribution is -2.40. The molecule has 1 aromatic heterocycles. The molecule has 6 nitrogen and oxygen atoms in total. The van der Waals surface area contributed by atoms with Gasteiger partial charge < -0.3 is 9.47 Å². The second-order valence-electron chi connectivity index (χ2n) is 9.83. The van der Waals surface area contributed by atoms with Gasteiger partial charge in [0.15, 0.2) is 4.80 Å². The minimum atomic E-state index is -0.859. The van der Waals surface area contributed by atoms with E-state index in [1.807, 2.05) is 84.9 Å². The number of esters is 1. The number of thiazole rings is 1. The number of hydrogen-bond donors (Lipinski definition) is 0. The normalized spacial score (nSPS) is 14.7. The van der Waals surface area contributed by atoms with Crippen LogP contribution in [0.1, 0.15) is 35.2 Å². The van der Waals surface area contributed by atoms with E-state index in [2.05, 4.69) is 0 Å². The lowest BCUT2D eigenvalue weighted by atomic mass is 9.93. The van der Waals surface area contributed by atoms with Gasteiger partial charge in [-0.25, -0.2) is 14.2 Å². The number of fused-ring (bicyclic) bond motifs is 1. The Kier molecular flexibility index (Phi) is 8.11. The number of nitrogens with zero attached hydrogens (tertiary/aromatic N) is 2. The Bertz CT molecular complexity index is 1960. The van der Waals surface area contributed by atoms with Crippen LogP contribution in [0.15, 0.2) is 125 Å². The molecule has 0 bridgehead atoms. The highest BCUT2D eigenvalue weighted by atomic mass is 32.1. The molecule has 8 heteroatoms. The Morgan fingerprint density at radius 3 is 2.28 bits per heavy atom. The van der Waals surface area contributed by atoms with Crippen LogP contribution in [0.4, 0.5) is 4.39 Å². The molecule has 1 aliphatic heterocycles. The smallest absolute Gasteiger partial charge is 0.338 e. The first kappa shape index (κ1) is 28.1. The fourth-order valence-electron chi connectivity index (χ4n) is 4.95. The molecule has 0 fully saturated rings. The zero-order valence-corrected chi connectivity index (χ0v) is 24.1. The molecular formula is C35H27FN2O4S. The third kappa shape index (κ3) is 5.96. The van der Waals surface area contributed by atoms with E-state index in [1.54, 1.807) is 25.1 Å². The summed E-state index contributed by atoms with van der Waals surface area (Å²) in [4.78, 5) is 32.7. The molecule has 5 aromatic rings. The van der Waals surface area contributed by atoms with Crippen molar-refractivity contribution in [3.05, 3.63) is 163 Å². The van der Waals surface area contributed by atoms with Gasteiger partial charge in [0, 0.05) is 5.56 Å². The van der Waals surface area contributed by atoms with Crippen LogP contribution >= 0.6 is 11.3 Å². The Balaban J connectivity index is 1.45. The van der Waals surface area contributed by atoms with E-state index in [1.165, 1.54) is 28.0 Å². The standard InChI is InChI=1S/C35H27FN2O4S/c1-2-41-34(40)30-31(25-11-7-4-8-12-25)37-35-38(32(30)26-15-17-27(36)18-16-26)33(39)29(43-35)21-23-13-19-28(20-14-23)42-22-24-9-5-3-6-10-24/h3-21,32H,2,22H2,1H3/b29-21-/t32-/m1/s1. The van der Waals surface area contributed by atoms with E-state index in [0.717, 1.165) is 11.1 Å². The molecule has 0 N–H and O–H groups in total. The summed E-state index contributed by atoms with van der Waals surface area (Å²) in [6, 6.07) is 31.6. The summed E-state index contributed by atoms with van der Waals surface area (Å²) in [5, 5.41) is 0. The van der Waals surface area contributed by atoms with E-state index >= 15 is 0 Å². The summed E-state index contributed by atoms with van der Waals surface area (Å²) in [6.45, 7) is 2.32. The van der Waals surface area contributed by atoms with Crippen LogP contribution in [0.25, 0.3) is 11.8 Å². The first-order valence-corrected chi connectivity index (χ1v) is 14.6. The van der Waals surface area contributed by atoms with Gasteiger partial charge >= 0.3 is 5.97 Å². The summed E-state index contributed by atoms with van der Waals surface area (Å²) >= 11 is 1.23. The average molecular weight is 591 g/mol. The Morgan fingerprint density at radius 2 is 1.60 bits per heavy atom. The van der Waals surface area contributed by atoms with Crippen LogP contribution in [0.5, 0.6) is 5.75 Å². The highest BCUT2D eigenvalue weighted by Crippen LogP contribution is 2.35. The van der Waals surface area contributed by atoms with E-state index in [4.69, 9.17) is 14.5 Å². The van der Waals surface area contributed by atoms with Crippen LogP contribution < -0.4 is 19.6 Å². The maximum absolute atomic E-state index is 14.0. The van der Waals surface area contributed by atoms with Gasteiger partial charge in [0.05, 0.1) is 28.5 Å². The molecule has 4 aromatic carbocycles. The third-order valence-electron chi connectivity index (χ3n) is 6.99. The van der Waals surface area contributed by atoms with Crippen molar-refractivity contribution in [2.75, 3.05) is 6.61 Å². The van der Waals surface area contributed by atoms with Crippen molar-refractivity contribution in [1.82, 2.24) is 4.57 Å². The van der Waals surface area contributed by atoms with Gasteiger partial charge in [0.1, 0.15) is 18.2 Å². The Labute approximate surface area is 251 Å². The van der Waals surface area contributed by atoms with Crippen LogP contribution in [0.2, 0.25) is 0 Å². The molecule has 2 heterocycles. The van der Waals surface area contributed by atoms with Crippen molar-refractivity contribution in [3.8, 4) is 5.75 Å². The zero-order valence-electron chi connectivity index (χ0n) is 23.3. The largest absolute Gasteiger partial charge is 0.489 e. The fraction of sp³-hybridized carbons (Fsp3) is 0.114. The van der Waals surface area contributed by atoms with Crippen molar-refractivity contribution in [2.24, 2.45) is 4.99 Å². The Morgan fingerprint density at radius 1 is 0.930 bits per heavy atom. The average Bonchev–Trinajstić information content (AvgIpc) is 3.35. The van der Waals surface area contributed by atoms with Crippen LogP contribution in [0.3, 0.4) is 0 Å². The lowest BCUT2D eigenvalue weighted by molar-refractivity contribution is -0.138. The summed E-state index contributed by atoms with van der Waals surface area (Å²) in [5.74, 6) is -0.289. The molecule has 1 atom stereocenters. The molecule has 0 unspecified atom stereocenters. The monoisotopic (exact) mass is 590 g/mol. The summed E-state index contributed by atoms with van der Waals surface area (Å²) in [5.41, 5.74) is 3.49. The van der Waals surface area contributed by atoms with Gasteiger partial charge in [-0.3, -0.25) is 9.36 Å². The molecule has 214 valence electrons. The number of aromatic nitrogens is 1. The maximum Gasteiger partial charge on any atom is 0.338 e. The summed E-state index contributed by atoms with van der Waals surface area (Å²) in [7, 11) is 0. The molecule has 0 radical (unpaired) electrons. The van der Waals surface area contributed by atoms with E-state index in [-0.39, 0.29) is 17.7 Å². The van der Waals surface area contributed by atoms with Crippen LogP contribution in [-0.2, 0) is 16.1 Å². The highest BCUT2D eigenvalue weighted by molar-refractivity contribution is 7.07. The number of carbonyl (C=O) groups is 1. The molecular weight excluding hydrogens is 563 g/mol. The van der Waals surface area contributed by atoms with Gasteiger partial charge in [-0.15, -0.1) is 0 Å². The van der Waals surface area contributed by atoms with Gasteiger partial charge in [-0.1, -0.05) is 96.3 Å². The first-order valence-electron chi connectivity index (χ1n) is 13.8. The number of hydrogen-bond acceptors (Lipinski definition) is 6. The maximum atomic E-state index is 14.0. The number of halogens is 1. The highest BCUT2D eigenvalue weighted by Gasteiger charge is 2.35. The van der Waals surface area contributed by atoms with Gasteiger partial charge in [-0.2, -0.15) is 0 Å². The van der Waals surface area contributed by atoms with Gasteiger partial charge in [-0.05, 0) is 54.0 Å². The topological polar surface area (TPSA) is 69.9 Å². The van der Waals surface area contributed by atoms with Crippen molar-refractivity contribution < 1.29 is 18.7 Å². The third-order valence-corrected chi connectivity index (χ3v) is 7.97. The molecule has 0 saturated heterocycles. The molecule has 1 aliphatic rings. The molecule has 6 rings (SSSR count). The predicted octanol–water partition coefficient (Wildman–Crippen LogP) is 5.65. The zero-order chi connectivity index (χ0) is 29.8. The first-order chi connectivity index (χ1) is 21.0. The SMILES string of the molecule is CCOC(=O)C1=C(c2ccccc2)N=c2s/c(=C\c3ccc(OCc4ccccc4)cc3)c(=O)n2[C@@H]1c1ccc(F)cc1. The second-order valence-corrected chi connectivity index (χ2v) is 10.8. The minimum absolute atomic E-state index is 0.149. The number of carbonyl (C=O) groups excluding carboxylic acids is 1. The molecule has 0 aliphatic carbocycles. The minimum Gasteiger partial charge on any atom is -0.489 e. The molecule has 0 amide bonds. The predicted molar refractivity (Wildman–Crippen MR) is 165 cm³/mol. The van der Waals surface area contributed by atoms with Crippen molar-refractivity contribution in [3.63, 3.8) is 0 Å². The van der Waals surface area contributed by atoms with E-state index < -0.39 is 17.8 Å². The van der Waals surface area contributed by atoms with Crippen LogP contribution in [0, 0.1) is 5.82 Å². The second kappa shape index (κ2) is 12.4. The van der Waals surface area contributed by atoms with E-state index in [9.17, 15) is 14.0 Å². The quantitative estimate of drug-likeness (QED) is 0.219. The summed E-state index contributed by atoms with van der Waals surface area (Å²) in [6.07, 6.45) is 1.79. The number of rotatable bonds is 8. The molecule has 43 heavy (non-hydrogen) atoms. The Hall–Kier alpha value is -5.08. The fourth-order valence-corrected chi connectivity index (χ4v) is 5.95. The molecule has 0 saturated carbocycles. The lowest BCUT2D eigenvalue weighted by Gasteiger charge is -2.25. The number of benzene rings is 4. The summed E-state index contributed by atoms with van der Waals surface area (Å²) < 4.78 is 27.3. The van der Waals surface area contributed by atoms with Gasteiger partial charge in [0.2, 0.25) is 0 Å². The van der Waals surface area contributed by atoms with Crippen molar-refractivity contribution in [1.29, 1.82) is 0 Å². The number of ether oxygens (including phenoxy) is 2. The van der Waals surface area contributed by atoms with Crippen molar-refractivity contribution in [2.45, 2.75) is 19.6 Å². The molecule has 0 spiro atoms.